The summed E-state index contributed by atoms with van der Waals surface area (Å²) in [5.74, 6) is -0.460. The number of halogens is 3. The highest BCUT2D eigenvalue weighted by molar-refractivity contribution is 7.92. The van der Waals surface area contributed by atoms with Crippen LogP contribution in [0.3, 0.4) is 0 Å². The number of imidazole rings is 2. The lowest BCUT2D eigenvalue weighted by molar-refractivity contribution is -0.0436. The zero-order chi connectivity index (χ0) is 27.1. The molecule has 4 heterocycles. The van der Waals surface area contributed by atoms with Gasteiger partial charge in [0.05, 0.1) is 20.8 Å². The molecule has 11 nitrogen and oxygen atoms in total. The van der Waals surface area contributed by atoms with E-state index in [4.69, 9.17) is 0 Å². The fraction of sp³-hybridized carbons (Fsp3) is 0.350. The van der Waals surface area contributed by atoms with E-state index >= 15 is 0 Å². The van der Waals surface area contributed by atoms with Gasteiger partial charge in [-0.3, -0.25) is 4.40 Å². The molecule has 4 aromatic rings. The van der Waals surface area contributed by atoms with E-state index in [2.05, 4.69) is 15.0 Å². The highest BCUT2D eigenvalue weighted by atomic mass is 32.2. The van der Waals surface area contributed by atoms with E-state index < -0.39 is 45.2 Å². The van der Waals surface area contributed by atoms with Crippen molar-refractivity contribution in [2.24, 2.45) is 7.05 Å². The summed E-state index contributed by atoms with van der Waals surface area (Å²) >= 11 is 0. The Morgan fingerprint density at radius 2 is 1.70 bits per heavy atom. The Labute approximate surface area is 208 Å². The molecule has 0 spiro atoms. The molecule has 37 heavy (non-hydrogen) atoms. The number of aromatic nitrogens is 5. The second kappa shape index (κ2) is 7.97. The smallest absolute Gasteiger partial charge is 0.310 e. The first kappa shape index (κ1) is 25.6. The first-order valence-electron chi connectivity index (χ1n) is 10.7. The van der Waals surface area contributed by atoms with Crippen molar-refractivity contribution in [2.45, 2.75) is 45.3 Å². The van der Waals surface area contributed by atoms with Crippen LogP contribution < -0.4 is 0 Å². The molecule has 0 bridgehead atoms. The summed E-state index contributed by atoms with van der Waals surface area (Å²) in [4.78, 5) is 11.2. The zero-order valence-electron chi connectivity index (χ0n) is 19.1. The van der Waals surface area contributed by atoms with Crippen LogP contribution >= 0.6 is 0 Å². The molecule has 0 aromatic carbocycles. The van der Waals surface area contributed by atoms with Crippen LogP contribution in [0.25, 0.3) is 28.3 Å². The average molecular weight is 578 g/mol. The van der Waals surface area contributed by atoms with Crippen molar-refractivity contribution in [3.63, 3.8) is 0 Å². The number of hydrogen-bond donors (Lipinski definition) is 0. The lowest BCUT2D eigenvalue weighted by Gasteiger charge is -2.07. The molecular weight excluding hydrogens is 559 g/mol. The summed E-state index contributed by atoms with van der Waals surface area (Å²) in [6, 6.07) is 3.23. The monoisotopic (exact) mass is 577 g/mol. The molecule has 0 N–H and O–H groups in total. The van der Waals surface area contributed by atoms with Gasteiger partial charge in [0.1, 0.15) is 16.9 Å². The number of alkyl halides is 3. The average Bonchev–Trinajstić information content (AvgIpc) is 3.54. The molecule has 1 fully saturated rings. The summed E-state index contributed by atoms with van der Waals surface area (Å²) in [5, 5.41) is -0.807. The molecule has 0 saturated heterocycles. The van der Waals surface area contributed by atoms with Crippen molar-refractivity contribution in [2.75, 3.05) is 5.75 Å². The van der Waals surface area contributed by atoms with E-state index in [1.165, 1.54) is 41.3 Å². The van der Waals surface area contributed by atoms with E-state index in [0.29, 0.717) is 25.1 Å². The topological polar surface area (TPSA) is 150 Å². The molecule has 1 saturated carbocycles. The number of rotatable bonds is 6. The summed E-state index contributed by atoms with van der Waals surface area (Å²) in [6.07, 6.45) is 2.88. The Bertz CT molecular complexity index is 1920. The third kappa shape index (κ3) is 3.90. The van der Waals surface area contributed by atoms with E-state index in [0.717, 1.165) is 0 Å². The Morgan fingerprint density at radius 1 is 1.03 bits per heavy atom. The predicted molar refractivity (Wildman–Crippen MR) is 124 cm³/mol. The predicted octanol–water partition coefficient (Wildman–Crippen LogP) is 2.31. The van der Waals surface area contributed by atoms with Gasteiger partial charge in [-0.2, -0.15) is 13.2 Å². The van der Waals surface area contributed by atoms with Crippen LogP contribution in [-0.4, -0.2) is 65.7 Å². The lowest BCUT2D eigenvalue weighted by atomic mass is 10.4. The normalized spacial score (nSPS) is 15.6. The highest BCUT2D eigenvalue weighted by Gasteiger charge is 2.47. The number of pyridine rings is 2. The largest absolute Gasteiger partial charge is 0.501 e. The molecule has 0 atom stereocenters. The standard InChI is InChI=1S/C20H18F3N5O6S3/c1-3-35(29,30)19-16(26-15-9-12(6-7-28(15)19)36(31,32)11-4-5-11)18-25-14-8-13(10-24-17(14)27(18)2)37(33,34)20(21,22)23/h6-11H,3-5H2,1-2H3. The minimum Gasteiger partial charge on any atom is -0.310 e. The highest BCUT2D eigenvalue weighted by Crippen LogP contribution is 2.36. The van der Waals surface area contributed by atoms with Crippen LogP contribution in [0, 0.1) is 0 Å². The number of fused-ring (bicyclic) bond motifs is 2. The molecule has 1 aliphatic rings. The molecule has 0 radical (unpaired) electrons. The lowest BCUT2D eigenvalue weighted by Crippen LogP contribution is -2.23. The van der Waals surface area contributed by atoms with Crippen molar-refractivity contribution in [3.05, 3.63) is 30.6 Å². The molecule has 198 valence electrons. The Balaban J connectivity index is 1.76. The van der Waals surface area contributed by atoms with Crippen LogP contribution in [0.15, 0.2) is 45.4 Å². The van der Waals surface area contributed by atoms with Gasteiger partial charge in [0.2, 0.25) is 0 Å². The SMILES string of the molecule is CCS(=O)(=O)c1c(-c2nc3cc(S(=O)(=O)C(F)(F)F)cnc3n2C)nc2cc(S(=O)(=O)C3CC3)ccn12. The first-order valence-corrected chi connectivity index (χ1v) is 15.4. The Morgan fingerprint density at radius 3 is 2.30 bits per heavy atom. The quantitative estimate of drug-likeness (QED) is 0.336. The summed E-state index contributed by atoms with van der Waals surface area (Å²) < 4.78 is 117. The Kier molecular flexibility index (Phi) is 5.52. The van der Waals surface area contributed by atoms with E-state index in [1.54, 1.807) is 0 Å². The summed E-state index contributed by atoms with van der Waals surface area (Å²) in [6.45, 7) is 1.40. The minimum absolute atomic E-state index is 0.00380. The van der Waals surface area contributed by atoms with Gasteiger partial charge in [0, 0.05) is 25.5 Å². The van der Waals surface area contributed by atoms with E-state index in [-0.39, 0.29) is 44.0 Å². The third-order valence-corrected chi connectivity index (χ3v) is 11.5. The molecule has 17 heteroatoms. The zero-order valence-corrected chi connectivity index (χ0v) is 21.6. The fourth-order valence-electron chi connectivity index (χ4n) is 3.88. The number of aryl methyl sites for hydroxylation is 1. The van der Waals surface area contributed by atoms with E-state index in [1.807, 2.05) is 0 Å². The second-order valence-corrected chi connectivity index (χ2v) is 14.8. The van der Waals surface area contributed by atoms with Crippen LogP contribution in [0.4, 0.5) is 13.2 Å². The maximum Gasteiger partial charge on any atom is 0.501 e. The van der Waals surface area contributed by atoms with Gasteiger partial charge in [-0.25, -0.2) is 40.2 Å². The molecule has 1 aliphatic carbocycles. The van der Waals surface area contributed by atoms with Gasteiger partial charge in [-0.05, 0) is 25.0 Å². The molecule has 0 aliphatic heterocycles. The van der Waals surface area contributed by atoms with Crippen LogP contribution in [0.2, 0.25) is 0 Å². The second-order valence-electron chi connectivity index (χ2n) is 8.46. The van der Waals surface area contributed by atoms with Gasteiger partial charge >= 0.3 is 5.51 Å². The van der Waals surface area contributed by atoms with Gasteiger partial charge < -0.3 is 4.57 Å². The first-order chi connectivity index (χ1) is 17.1. The maximum atomic E-state index is 13.1. The molecule has 0 unspecified atom stereocenters. The number of sulfone groups is 3. The van der Waals surface area contributed by atoms with Crippen molar-refractivity contribution in [1.82, 2.24) is 23.9 Å². The molecule has 0 amide bonds. The van der Waals surface area contributed by atoms with Gasteiger partial charge in [-0.15, -0.1) is 0 Å². The van der Waals surface area contributed by atoms with Crippen molar-refractivity contribution in [1.29, 1.82) is 0 Å². The van der Waals surface area contributed by atoms with Gasteiger partial charge in [0.25, 0.3) is 9.84 Å². The van der Waals surface area contributed by atoms with Crippen LogP contribution in [0.5, 0.6) is 0 Å². The van der Waals surface area contributed by atoms with Crippen molar-refractivity contribution < 1.29 is 38.4 Å². The summed E-state index contributed by atoms with van der Waals surface area (Å²) in [5.41, 5.74) is -6.00. The van der Waals surface area contributed by atoms with Gasteiger partial charge in [0.15, 0.2) is 36.2 Å². The third-order valence-electron chi connectivity index (χ3n) is 6.03. The van der Waals surface area contributed by atoms with Crippen molar-refractivity contribution in [3.8, 4) is 11.5 Å². The number of nitrogens with zero attached hydrogens (tertiary/aromatic N) is 5. The molecule has 5 rings (SSSR count). The van der Waals surface area contributed by atoms with Crippen molar-refractivity contribution >= 4 is 46.3 Å². The van der Waals surface area contributed by atoms with Crippen LogP contribution in [0.1, 0.15) is 19.8 Å². The summed E-state index contributed by atoms with van der Waals surface area (Å²) in [7, 11) is -11.9. The van der Waals surface area contributed by atoms with Crippen LogP contribution in [-0.2, 0) is 36.6 Å². The fourth-order valence-corrected chi connectivity index (χ4v) is 7.43. The minimum atomic E-state index is -5.70. The molecular formula is C20H18F3N5O6S3. The Hall–Kier alpha value is -3.05. The maximum absolute atomic E-state index is 13.1. The number of hydrogen-bond acceptors (Lipinski definition) is 9. The van der Waals surface area contributed by atoms with E-state index in [9.17, 15) is 38.4 Å². The molecule has 4 aromatic heterocycles. The van der Waals surface area contributed by atoms with Gasteiger partial charge in [-0.1, -0.05) is 6.92 Å².